The number of ether oxygens (including phenoxy) is 2. The number of benzene rings is 2. The summed E-state index contributed by atoms with van der Waals surface area (Å²) < 4.78 is 10.4. The molecule has 2 rings (SSSR count). The molecule has 2 aromatic rings. The molecular weight excluding hydrogens is 290 g/mol. The Labute approximate surface area is 136 Å². The fraction of sp³-hybridized carbons (Fsp3) is 0.211. The van der Waals surface area contributed by atoms with Crippen LogP contribution in [0.3, 0.4) is 0 Å². The Morgan fingerprint density at radius 3 is 2.48 bits per heavy atom. The van der Waals surface area contributed by atoms with Crippen LogP contribution in [0.2, 0.25) is 0 Å². The van der Waals surface area contributed by atoms with Crippen molar-refractivity contribution in [1.29, 1.82) is 0 Å². The van der Waals surface area contributed by atoms with Crippen LogP contribution < -0.4 is 14.8 Å². The summed E-state index contributed by atoms with van der Waals surface area (Å²) in [6.07, 6.45) is 3.22. The van der Waals surface area contributed by atoms with Crippen molar-refractivity contribution >= 4 is 12.0 Å². The van der Waals surface area contributed by atoms with E-state index in [0.717, 1.165) is 11.1 Å². The van der Waals surface area contributed by atoms with Crippen LogP contribution in [0.1, 0.15) is 16.7 Å². The number of carbonyl (C=O) groups excluding carboxylic acids is 1. The Morgan fingerprint density at radius 1 is 1.09 bits per heavy atom. The van der Waals surface area contributed by atoms with E-state index in [0.29, 0.717) is 18.0 Å². The van der Waals surface area contributed by atoms with Crippen LogP contribution in [-0.2, 0) is 11.3 Å². The van der Waals surface area contributed by atoms with Crippen molar-refractivity contribution in [2.75, 3.05) is 14.2 Å². The molecule has 0 aliphatic rings. The molecule has 4 nitrogen and oxygen atoms in total. The van der Waals surface area contributed by atoms with Gasteiger partial charge >= 0.3 is 0 Å². The van der Waals surface area contributed by atoms with Gasteiger partial charge in [0.1, 0.15) is 11.5 Å². The summed E-state index contributed by atoms with van der Waals surface area (Å²) in [7, 11) is 3.19. The van der Waals surface area contributed by atoms with E-state index in [9.17, 15) is 4.79 Å². The lowest BCUT2D eigenvalue weighted by molar-refractivity contribution is -0.116. The highest BCUT2D eigenvalue weighted by atomic mass is 16.5. The SMILES string of the molecule is COc1ccc(/C=C/C(=O)NCc2ccc(C)cc2)c(OC)c1. The first-order valence-electron chi connectivity index (χ1n) is 7.36. The number of nitrogens with one attached hydrogen (secondary N) is 1. The second-order valence-corrected chi connectivity index (χ2v) is 5.14. The van der Waals surface area contributed by atoms with Gasteiger partial charge in [0.05, 0.1) is 14.2 Å². The van der Waals surface area contributed by atoms with Gasteiger partial charge in [0.15, 0.2) is 0 Å². The quantitative estimate of drug-likeness (QED) is 0.832. The Hall–Kier alpha value is -2.75. The number of carbonyl (C=O) groups is 1. The fourth-order valence-corrected chi connectivity index (χ4v) is 2.08. The Morgan fingerprint density at radius 2 is 1.83 bits per heavy atom. The first-order chi connectivity index (χ1) is 11.1. The van der Waals surface area contributed by atoms with Crippen LogP contribution in [0.5, 0.6) is 11.5 Å². The highest BCUT2D eigenvalue weighted by Crippen LogP contribution is 2.25. The number of hydrogen-bond acceptors (Lipinski definition) is 3. The third-order valence-corrected chi connectivity index (χ3v) is 3.44. The topological polar surface area (TPSA) is 47.6 Å². The third-order valence-electron chi connectivity index (χ3n) is 3.44. The van der Waals surface area contributed by atoms with Crippen LogP contribution >= 0.6 is 0 Å². The molecule has 0 saturated heterocycles. The molecular formula is C19H21NO3. The standard InChI is InChI=1S/C19H21NO3/c1-14-4-6-15(7-5-14)13-20-19(21)11-9-16-8-10-17(22-2)12-18(16)23-3/h4-12H,13H2,1-3H3,(H,20,21)/b11-9+. The van der Waals surface area contributed by atoms with E-state index in [2.05, 4.69) is 5.32 Å². The summed E-state index contributed by atoms with van der Waals surface area (Å²) in [4.78, 5) is 11.9. The average molecular weight is 311 g/mol. The number of rotatable bonds is 6. The van der Waals surface area contributed by atoms with Gasteiger partial charge in [0.2, 0.25) is 5.91 Å². The van der Waals surface area contributed by atoms with E-state index in [1.54, 1.807) is 26.4 Å². The van der Waals surface area contributed by atoms with Crippen molar-refractivity contribution < 1.29 is 14.3 Å². The van der Waals surface area contributed by atoms with E-state index >= 15 is 0 Å². The molecule has 1 amide bonds. The molecule has 0 spiro atoms. The van der Waals surface area contributed by atoms with Crippen LogP contribution in [0.25, 0.3) is 6.08 Å². The Bertz CT molecular complexity index is 690. The smallest absolute Gasteiger partial charge is 0.244 e. The second-order valence-electron chi connectivity index (χ2n) is 5.14. The summed E-state index contributed by atoms with van der Waals surface area (Å²) in [6.45, 7) is 2.54. The zero-order chi connectivity index (χ0) is 16.7. The number of methoxy groups -OCH3 is 2. The molecule has 0 heterocycles. The van der Waals surface area contributed by atoms with Gasteiger partial charge in [-0.25, -0.2) is 0 Å². The van der Waals surface area contributed by atoms with Gasteiger partial charge in [-0.2, -0.15) is 0 Å². The lowest BCUT2D eigenvalue weighted by Gasteiger charge is -2.07. The summed E-state index contributed by atoms with van der Waals surface area (Å²) in [5.74, 6) is 1.22. The van der Waals surface area contributed by atoms with Crippen molar-refractivity contribution in [3.63, 3.8) is 0 Å². The van der Waals surface area contributed by atoms with E-state index in [1.807, 2.05) is 43.3 Å². The van der Waals surface area contributed by atoms with Gasteiger partial charge in [0, 0.05) is 24.3 Å². The molecule has 0 aliphatic heterocycles. The molecule has 2 aromatic carbocycles. The highest BCUT2D eigenvalue weighted by Gasteiger charge is 2.03. The first kappa shape index (κ1) is 16.6. The maximum Gasteiger partial charge on any atom is 0.244 e. The minimum atomic E-state index is -0.150. The number of hydrogen-bond donors (Lipinski definition) is 1. The zero-order valence-electron chi connectivity index (χ0n) is 13.6. The minimum Gasteiger partial charge on any atom is -0.497 e. The van der Waals surface area contributed by atoms with Gasteiger partial charge in [-0.15, -0.1) is 0 Å². The highest BCUT2D eigenvalue weighted by molar-refractivity contribution is 5.92. The molecule has 0 saturated carbocycles. The normalized spacial score (nSPS) is 10.6. The van der Waals surface area contributed by atoms with Gasteiger partial charge in [0.25, 0.3) is 0 Å². The predicted molar refractivity (Wildman–Crippen MR) is 91.6 cm³/mol. The molecule has 0 bridgehead atoms. The molecule has 0 aliphatic carbocycles. The van der Waals surface area contributed by atoms with Gasteiger partial charge in [-0.1, -0.05) is 29.8 Å². The second kappa shape index (κ2) is 8.03. The van der Waals surface area contributed by atoms with Crippen LogP contribution in [0.15, 0.2) is 48.5 Å². The maximum absolute atomic E-state index is 11.9. The van der Waals surface area contributed by atoms with Crippen LogP contribution in [-0.4, -0.2) is 20.1 Å². The van der Waals surface area contributed by atoms with Crippen molar-refractivity contribution in [1.82, 2.24) is 5.32 Å². The molecule has 0 atom stereocenters. The van der Waals surface area contributed by atoms with E-state index < -0.39 is 0 Å². The molecule has 4 heteroatoms. The maximum atomic E-state index is 11.9. The first-order valence-corrected chi connectivity index (χ1v) is 7.36. The summed E-state index contributed by atoms with van der Waals surface area (Å²) in [5.41, 5.74) is 3.09. The summed E-state index contributed by atoms with van der Waals surface area (Å²) in [6, 6.07) is 13.5. The lowest BCUT2D eigenvalue weighted by Crippen LogP contribution is -2.20. The Balaban J connectivity index is 1.96. The summed E-state index contributed by atoms with van der Waals surface area (Å²) in [5, 5.41) is 2.86. The van der Waals surface area contributed by atoms with Gasteiger partial charge < -0.3 is 14.8 Å². The molecule has 0 fully saturated rings. The third kappa shape index (κ3) is 4.88. The number of aryl methyl sites for hydroxylation is 1. The van der Waals surface area contributed by atoms with Crippen molar-refractivity contribution in [2.24, 2.45) is 0 Å². The fourth-order valence-electron chi connectivity index (χ4n) is 2.08. The van der Waals surface area contributed by atoms with Gasteiger partial charge in [-0.3, -0.25) is 4.79 Å². The van der Waals surface area contributed by atoms with E-state index in [4.69, 9.17) is 9.47 Å². The lowest BCUT2D eigenvalue weighted by atomic mass is 10.1. The molecule has 120 valence electrons. The molecule has 0 aromatic heterocycles. The van der Waals surface area contributed by atoms with E-state index in [1.165, 1.54) is 11.6 Å². The molecule has 0 radical (unpaired) electrons. The van der Waals surface area contributed by atoms with Crippen molar-refractivity contribution in [2.45, 2.75) is 13.5 Å². The average Bonchev–Trinajstić information content (AvgIpc) is 2.59. The monoisotopic (exact) mass is 311 g/mol. The predicted octanol–water partition coefficient (Wildman–Crippen LogP) is 3.34. The molecule has 1 N–H and O–H groups in total. The van der Waals surface area contributed by atoms with Gasteiger partial charge in [-0.05, 0) is 30.7 Å². The van der Waals surface area contributed by atoms with Crippen molar-refractivity contribution in [3.8, 4) is 11.5 Å². The van der Waals surface area contributed by atoms with Crippen molar-refractivity contribution in [3.05, 3.63) is 65.2 Å². The molecule has 23 heavy (non-hydrogen) atoms. The zero-order valence-corrected chi connectivity index (χ0v) is 13.6. The Kier molecular flexibility index (Phi) is 5.80. The number of amides is 1. The van der Waals surface area contributed by atoms with Crippen LogP contribution in [0, 0.1) is 6.92 Å². The minimum absolute atomic E-state index is 0.150. The van der Waals surface area contributed by atoms with E-state index in [-0.39, 0.29) is 5.91 Å². The summed E-state index contributed by atoms with van der Waals surface area (Å²) >= 11 is 0. The largest absolute Gasteiger partial charge is 0.497 e. The molecule has 0 unspecified atom stereocenters. The van der Waals surface area contributed by atoms with Crippen LogP contribution in [0.4, 0.5) is 0 Å².